The Bertz CT molecular complexity index is 1090. The second-order valence-corrected chi connectivity index (χ2v) is 8.09. The van der Waals surface area contributed by atoms with E-state index in [-0.39, 0.29) is 30.2 Å². The number of piperidine rings is 1. The van der Waals surface area contributed by atoms with Crippen LogP contribution in [0, 0.1) is 0 Å². The molecule has 3 amide bonds. The van der Waals surface area contributed by atoms with Crippen LogP contribution in [0.1, 0.15) is 58.2 Å². The molecule has 7 heteroatoms. The number of rotatable bonds is 5. The lowest BCUT2D eigenvalue weighted by Crippen LogP contribution is -2.38. The zero-order valence-electron chi connectivity index (χ0n) is 17.1. The minimum absolute atomic E-state index is 0.0626. The lowest BCUT2D eigenvalue weighted by Gasteiger charge is -2.30. The smallest absolute Gasteiger partial charge is 0.261 e. The Hall–Kier alpha value is -3.48. The predicted molar refractivity (Wildman–Crippen MR) is 114 cm³/mol. The van der Waals surface area contributed by atoms with Gasteiger partial charge in [0, 0.05) is 32.0 Å². The number of amides is 3. The van der Waals surface area contributed by atoms with Crippen LogP contribution >= 0.6 is 0 Å². The number of carbonyl (C=O) groups excluding carboxylic acids is 3. The maximum absolute atomic E-state index is 12.6. The third kappa shape index (κ3) is 3.60. The van der Waals surface area contributed by atoms with Crippen molar-refractivity contribution in [2.24, 2.45) is 0 Å². The van der Waals surface area contributed by atoms with Crippen LogP contribution in [-0.2, 0) is 4.79 Å². The largest absolute Gasteiger partial charge is 0.440 e. The molecule has 0 bridgehead atoms. The monoisotopic (exact) mass is 417 g/mol. The van der Waals surface area contributed by atoms with Crippen LogP contribution in [0.3, 0.4) is 0 Å². The van der Waals surface area contributed by atoms with Gasteiger partial charge < -0.3 is 9.32 Å². The first kappa shape index (κ1) is 19.5. The molecule has 3 aromatic rings. The molecule has 0 saturated carbocycles. The van der Waals surface area contributed by atoms with Gasteiger partial charge in [-0.15, -0.1) is 0 Å². The lowest BCUT2D eigenvalue weighted by molar-refractivity contribution is -0.132. The Morgan fingerprint density at radius 1 is 0.968 bits per heavy atom. The highest BCUT2D eigenvalue weighted by Gasteiger charge is 2.35. The second-order valence-electron chi connectivity index (χ2n) is 8.09. The molecule has 0 unspecified atom stereocenters. The molecule has 0 spiro atoms. The van der Waals surface area contributed by atoms with E-state index >= 15 is 0 Å². The van der Waals surface area contributed by atoms with Crippen LogP contribution in [0.5, 0.6) is 0 Å². The van der Waals surface area contributed by atoms with Crippen LogP contribution in [-0.4, -0.2) is 52.1 Å². The summed E-state index contributed by atoms with van der Waals surface area (Å²) in [5, 5.41) is 0. The van der Waals surface area contributed by atoms with Gasteiger partial charge in [-0.25, -0.2) is 4.98 Å². The minimum Gasteiger partial charge on any atom is -0.440 e. The van der Waals surface area contributed by atoms with Gasteiger partial charge in [-0.3, -0.25) is 19.3 Å². The van der Waals surface area contributed by atoms with E-state index in [1.54, 1.807) is 24.3 Å². The molecule has 5 rings (SSSR count). The van der Waals surface area contributed by atoms with Crippen molar-refractivity contribution in [1.82, 2.24) is 14.8 Å². The number of fused-ring (bicyclic) bond motifs is 2. The van der Waals surface area contributed by atoms with E-state index in [4.69, 9.17) is 4.42 Å². The van der Waals surface area contributed by atoms with Gasteiger partial charge in [0.25, 0.3) is 11.8 Å². The van der Waals surface area contributed by atoms with E-state index in [1.165, 1.54) is 4.90 Å². The van der Waals surface area contributed by atoms with E-state index in [0.717, 1.165) is 29.8 Å². The highest BCUT2D eigenvalue weighted by molar-refractivity contribution is 6.21. The Morgan fingerprint density at radius 3 is 2.29 bits per heavy atom. The molecule has 7 nitrogen and oxygen atoms in total. The first-order chi connectivity index (χ1) is 15.1. The summed E-state index contributed by atoms with van der Waals surface area (Å²) in [5.41, 5.74) is 2.55. The van der Waals surface area contributed by atoms with Crippen LogP contribution < -0.4 is 0 Å². The number of para-hydroxylation sites is 2. The molecule has 1 fully saturated rings. The maximum atomic E-state index is 12.6. The summed E-state index contributed by atoms with van der Waals surface area (Å²) in [7, 11) is 0. The summed E-state index contributed by atoms with van der Waals surface area (Å²) >= 11 is 0. The number of imide groups is 1. The van der Waals surface area contributed by atoms with Gasteiger partial charge in [0.15, 0.2) is 11.5 Å². The van der Waals surface area contributed by atoms with E-state index < -0.39 is 0 Å². The SMILES string of the molecule is O=C(CCCN1C(=O)c2ccccc2C1=O)N1CCC(c2nc3ccccc3o2)CC1. The van der Waals surface area contributed by atoms with Crippen molar-refractivity contribution in [3.63, 3.8) is 0 Å². The molecular formula is C24H23N3O4. The molecule has 1 aromatic heterocycles. The van der Waals surface area contributed by atoms with E-state index in [9.17, 15) is 14.4 Å². The zero-order valence-corrected chi connectivity index (χ0v) is 17.1. The van der Waals surface area contributed by atoms with Crippen molar-refractivity contribution in [3.05, 3.63) is 65.5 Å². The predicted octanol–water partition coefficient (Wildman–Crippen LogP) is 3.61. The van der Waals surface area contributed by atoms with Crippen molar-refractivity contribution in [1.29, 1.82) is 0 Å². The van der Waals surface area contributed by atoms with Crippen molar-refractivity contribution in [3.8, 4) is 0 Å². The minimum atomic E-state index is -0.271. The van der Waals surface area contributed by atoms with Crippen LogP contribution in [0.4, 0.5) is 0 Å². The molecule has 2 aromatic carbocycles. The fraction of sp³-hybridized carbons (Fsp3) is 0.333. The van der Waals surface area contributed by atoms with Gasteiger partial charge in [-0.05, 0) is 43.5 Å². The molecule has 31 heavy (non-hydrogen) atoms. The fourth-order valence-corrected chi connectivity index (χ4v) is 4.43. The van der Waals surface area contributed by atoms with Gasteiger partial charge >= 0.3 is 0 Å². The van der Waals surface area contributed by atoms with E-state index in [0.29, 0.717) is 37.1 Å². The van der Waals surface area contributed by atoms with Crippen molar-refractivity contribution < 1.29 is 18.8 Å². The number of hydrogen-bond acceptors (Lipinski definition) is 5. The average molecular weight is 417 g/mol. The Labute approximate surface area is 179 Å². The summed E-state index contributed by atoms with van der Waals surface area (Å²) in [4.78, 5) is 45.2. The summed E-state index contributed by atoms with van der Waals surface area (Å²) in [6, 6.07) is 14.6. The molecule has 2 aliphatic heterocycles. The standard InChI is InChI=1S/C24H23N3O4/c28-21(10-5-13-27-23(29)17-6-1-2-7-18(17)24(27)30)26-14-11-16(12-15-26)22-25-19-8-3-4-9-20(19)31-22/h1-4,6-9,16H,5,10-15H2. The Balaban J connectivity index is 1.11. The molecule has 0 aliphatic carbocycles. The van der Waals surface area contributed by atoms with Crippen molar-refractivity contribution in [2.75, 3.05) is 19.6 Å². The number of aromatic nitrogens is 1. The first-order valence-electron chi connectivity index (χ1n) is 10.7. The lowest BCUT2D eigenvalue weighted by atomic mass is 9.96. The van der Waals surface area contributed by atoms with E-state index in [1.807, 2.05) is 29.2 Å². The molecule has 0 N–H and O–H groups in total. The van der Waals surface area contributed by atoms with Gasteiger partial charge in [0.05, 0.1) is 11.1 Å². The highest BCUT2D eigenvalue weighted by Crippen LogP contribution is 2.30. The number of hydrogen-bond donors (Lipinski definition) is 0. The third-order valence-corrected chi connectivity index (χ3v) is 6.16. The summed E-state index contributed by atoms with van der Waals surface area (Å²) in [6.45, 7) is 1.59. The zero-order chi connectivity index (χ0) is 21.4. The number of likely N-dealkylation sites (tertiary alicyclic amines) is 1. The molecule has 0 radical (unpaired) electrons. The van der Waals surface area contributed by atoms with Gasteiger partial charge in [0.2, 0.25) is 5.91 Å². The normalized spacial score (nSPS) is 16.9. The topological polar surface area (TPSA) is 83.7 Å². The number of benzene rings is 2. The first-order valence-corrected chi connectivity index (χ1v) is 10.7. The maximum Gasteiger partial charge on any atom is 0.261 e. The molecular weight excluding hydrogens is 394 g/mol. The average Bonchev–Trinajstić information content (AvgIpc) is 3.34. The van der Waals surface area contributed by atoms with Gasteiger partial charge in [0.1, 0.15) is 5.52 Å². The Morgan fingerprint density at radius 2 is 1.61 bits per heavy atom. The molecule has 158 valence electrons. The number of nitrogens with zero attached hydrogens (tertiary/aromatic N) is 3. The molecule has 3 heterocycles. The third-order valence-electron chi connectivity index (χ3n) is 6.16. The van der Waals surface area contributed by atoms with Gasteiger partial charge in [-0.1, -0.05) is 24.3 Å². The van der Waals surface area contributed by atoms with Crippen molar-refractivity contribution in [2.45, 2.75) is 31.6 Å². The quantitative estimate of drug-likeness (QED) is 0.592. The van der Waals surface area contributed by atoms with Crippen LogP contribution in [0.25, 0.3) is 11.1 Å². The summed E-state index contributed by atoms with van der Waals surface area (Å²) in [6.07, 6.45) is 2.42. The molecule has 0 atom stereocenters. The second kappa shape index (κ2) is 7.98. The molecule has 2 aliphatic rings. The Kier molecular flexibility index (Phi) is 5.02. The van der Waals surface area contributed by atoms with Crippen LogP contribution in [0.15, 0.2) is 52.9 Å². The van der Waals surface area contributed by atoms with E-state index in [2.05, 4.69) is 4.98 Å². The summed E-state index contributed by atoms with van der Waals surface area (Å²) in [5.74, 6) is 0.487. The van der Waals surface area contributed by atoms with Crippen LogP contribution in [0.2, 0.25) is 0 Å². The fourth-order valence-electron chi connectivity index (χ4n) is 4.43. The van der Waals surface area contributed by atoms with Gasteiger partial charge in [-0.2, -0.15) is 0 Å². The highest BCUT2D eigenvalue weighted by atomic mass is 16.3. The molecule has 1 saturated heterocycles. The number of oxazole rings is 1. The van der Waals surface area contributed by atoms with Crippen molar-refractivity contribution >= 4 is 28.8 Å². The summed E-state index contributed by atoms with van der Waals surface area (Å²) < 4.78 is 5.89. The number of carbonyl (C=O) groups is 3.